The van der Waals surface area contributed by atoms with E-state index in [4.69, 9.17) is 14.2 Å². The Balaban J connectivity index is 1.79. The molecular formula is C24H31NO4. The van der Waals surface area contributed by atoms with E-state index in [9.17, 15) is 4.79 Å². The van der Waals surface area contributed by atoms with Gasteiger partial charge in [-0.05, 0) is 69.5 Å². The number of methoxy groups -OCH3 is 1. The third-order valence-corrected chi connectivity index (χ3v) is 5.13. The summed E-state index contributed by atoms with van der Waals surface area (Å²) in [4.78, 5) is 13.1. The van der Waals surface area contributed by atoms with Crippen LogP contribution >= 0.6 is 0 Å². The smallest absolute Gasteiger partial charge is 0.261 e. The minimum absolute atomic E-state index is 0.115. The van der Waals surface area contributed by atoms with Crippen LogP contribution in [0, 0.1) is 13.8 Å². The molecule has 0 radical (unpaired) electrons. The monoisotopic (exact) mass is 397 g/mol. The molecule has 2 aromatic carbocycles. The minimum Gasteiger partial charge on any atom is -0.497 e. The van der Waals surface area contributed by atoms with E-state index in [2.05, 4.69) is 11.4 Å². The average molecular weight is 398 g/mol. The van der Waals surface area contributed by atoms with Gasteiger partial charge in [-0.2, -0.15) is 0 Å². The second-order valence-electron chi connectivity index (χ2n) is 8.37. The molecule has 5 heteroatoms. The molecule has 1 heterocycles. The second-order valence-corrected chi connectivity index (χ2v) is 8.37. The van der Waals surface area contributed by atoms with Crippen LogP contribution in [0.25, 0.3) is 0 Å². The summed E-state index contributed by atoms with van der Waals surface area (Å²) in [5.74, 6) is 2.09. The Kier molecular flexibility index (Phi) is 6.06. The highest BCUT2D eigenvalue weighted by atomic mass is 16.5. The standard InChI is InChI=1S/C24H31NO4/c1-7-21(28-18-11-15(2)10-16(3)12-18)23(26)25-20-14-24(4,5)29-22-13-17(27-6)8-9-19(20)22/h8-13,20-21H,7,14H2,1-6H3,(H,25,26)/t20-,21+/m1/s1. The fraction of sp³-hybridized carbons (Fsp3) is 0.458. The van der Waals surface area contributed by atoms with Gasteiger partial charge in [0.1, 0.15) is 22.8 Å². The van der Waals surface area contributed by atoms with Gasteiger partial charge in [-0.25, -0.2) is 0 Å². The lowest BCUT2D eigenvalue weighted by Crippen LogP contribution is -2.45. The highest BCUT2D eigenvalue weighted by molar-refractivity contribution is 5.81. The third kappa shape index (κ3) is 5.03. The first-order valence-corrected chi connectivity index (χ1v) is 10.1. The number of amides is 1. The van der Waals surface area contributed by atoms with E-state index < -0.39 is 11.7 Å². The van der Waals surface area contributed by atoms with Crippen LogP contribution in [0.2, 0.25) is 0 Å². The van der Waals surface area contributed by atoms with Gasteiger partial charge >= 0.3 is 0 Å². The van der Waals surface area contributed by atoms with E-state index in [1.165, 1.54) is 0 Å². The molecule has 156 valence electrons. The number of hydrogen-bond donors (Lipinski definition) is 1. The molecule has 29 heavy (non-hydrogen) atoms. The van der Waals surface area contributed by atoms with Gasteiger partial charge in [0.15, 0.2) is 6.10 Å². The quantitative estimate of drug-likeness (QED) is 0.754. The number of rotatable bonds is 6. The SMILES string of the molecule is CC[C@H](Oc1cc(C)cc(C)c1)C(=O)N[C@@H]1CC(C)(C)Oc2cc(OC)ccc21. The number of nitrogens with one attached hydrogen (secondary N) is 1. The lowest BCUT2D eigenvalue weighted by molar-refractivity contribution is -0.129. The first kappa shape index (κ1) is 21.0. The van der Waals surface area contributed by atoms with E-state index in [-0.39, 0.29) is 11.9 Å². The van der Waals surface area contributed by atoms with Gasteiger partial charge in [0.25, 0.3) is 5.91 Å². The fourth-order valence-electron chi connectivity index (χ4n) is 3.84. The zero-order valence-corrected chi connectivity index (χ0v) is 18.2. The summed E-state index contributed by atoms with van der Waals surface area (Å²) in [5, 5.41) is 3.18. The Morgan fingerprint density at radius 2 is 1.86 bits per heavy atom. The molecule has 0 unspecified atom stereocenters. The van der Waals surface area contributed by atoms with Crippen LogP contribution < -0.4 is 19.5 Å². The maximum Gasteiger partial charge on any atom is 0.261 e. The van der Waals surface area contributed by atoms with Crippen molar-refractivity contribution in [2.75, 3.05) is 7.11 Å². The van der Waals surface area contributed by atoms with Gasteiger partial charge in [-0.1, -0.05) is 13.0 Å². The van der Waals surface area contributed by atoms with Crippen LogP contribution in [-0.2, 0) is 4.79 Å². The molecule has 1 aliphatic heterocycles. The zero-order chi connectivity index (χ0) is 21.2. The van der Waals surface area contributed by atoms with E-state index in [1.54, 1.807) is 7.11 Å². The summed E-state index contributed by atoms with van der Waals surface area (Å²) >= 11 is 0. The van der Waals surface area contributed by atoms with Crippen LogP contribution in [0.3, 0.4) is 0 Å². The molecule has 2 aromatic rings. The predicted octanol–water partition coefficient (Wildman–Crippen LogP) is 4.89. The molecular weight excluding hydrogens is 366 g/mol. The van der Waals surface area contributed by atoms with E-state index in [0.29, 0.717) is 12.8 Å². The zero-order valence-electron chi connectivity index (χ0n) is 18.2. The summed E-state index contributed by atoms with van der Waals surface area (Å²) in [7, 11) is 1.63. The second kappa shape index (κ2) is 8.36. The Labute approximate surface area is 173 Å². The first-order valence-electron chi connectivity index (χ1n) is 10.1. The maximum absolute atomic E-state index is 13.1. The Morgan fingerprint density at radius 1 is 1.17 bits per heavy atom. The summed E-state index contributed by atoms with van der Waals surface area (Å²) in [6, 6.07) is 11.6. The Bertz CT molecular complexity index is 870. The van der Waals surface area contributed by atoms with Crippen LogP contribution in [0.15, 0.2) is 36.4 Å². The summed E-state index contributed by atoms with van der Waals surface area (Å²) in [6.07, 6.45) is 0.711. The van der Waals surface area contributed by atoms with E-state index >= 15 is 0 Å². The van der Waals surface area contributed by atoms with Gasteiger partial charge < -0.3 is 19.5 Å². The predicted molar refractivity (Wildman–Crippen MR) is 114 cm³/mol. The van der Waals surface area contributed by atoms with Crippen molar-refractivity contribution in [2.24, 2.45) is 0 Å². The molecule has 0 bridgehead atoms. The highest BCUT2D eigenvalue weighted by Gasteiger charge is 2.36. The number of hydrogen-bond acceptors (Lipinski definition) is 4. The number of benzene rings is 2. The van der Waals surface area contributed by atoms with Crippen molar-refractivity contribution < 1.29 is 19.0 Å². The molecule has 5 nitrogen and oxygen atoms in total. The molecule has 2 atom stereocenters. The molecule has 0 spiro atoms. The summed E-state index contributed by atoms with van der Waals surface area (Å²) < 4.78 is 17.5. The van der Waals surface area contributed by atoms with Gasteiger partial charge in [0.2, 0.25) is 0 Å². The van der Waals surface area contributed by atoms with Crippen LogP contribution in [0.5, 0.6) is 17.2 Å². The van der Waals surface area contributed by atoms with E-state index in [1.807, 2.05) is 65.0 Å². The molecule has 3 rings (SSSR count). The largest absolute Gasteiger partial charge is 0.497 e. The fourth-order valence-corrected chi connectivity index (χ4v) is 3.84. The maximum atomic E-state index is 13.1. The topological polar surface area (TPSA) is 56.8 Å². The summed E-state index contributed by atoms with van der Waals surface area (Å²) in [5.41, 5.74) is 2.79. The highest BCUT2D eigenvalue weighted by Crippen LogP contribution is 2.41. The normalized spacial score (nSPS) is 18.2. The molecule has 0 aromatic heterocycles. The van der Waals surface area contributed by atoms with Crippen molar-refractivity contribution in [1.82, 2.24) is 5.32 Å². The number of carbonyl (C=O) groups excluding carboxylic acids is 1. The van der Waals surface area contributed by atoms with Crippen LogP contribution in [0.4, 0.5) is 0 Å². The molecule has 0 saturated heterocycles. The third-order valence-electron chi connectivity index (χ3n) is 5.13. The van der Waals surface area contributed by atoms with Crippen molar-refractivity contribution in [2.45, 2.75) is 65.2 Å². The molecule has 1 amide bonds. The summed E-state index contributed by atoms with van der Waals surface area (Å²) in [6.45, 7) is 10.1. The van der Waals surface area contributed by atoms with Crippen LogP contribution in [0.1, 0.15) is 56.3 Å². The average Bonchev–Trinajstić information content (AvgIpc) is 2.63. The van der Waals surface area contributed by atoms with Gasteiger partial charge in [-0.3, -0.25) is 4.79 Å². The number of aryl methyl sites for hydroxylation is 2. The van der Waals surface area contributed by atoms with E-state index in [0.717, 1.165) is 33.9 Å². The molecule has 0 aliphatic carbocycles. The van der Waals surface area contributed by atoms with Crippen molar-refractivity contribution in [1.29, 1.82) is 0 Å². The number of ether oxygens (including phenoxy) is 3. The van der Waals surface area contributed by atoms with Crippen molar-refractivity contribution >= 4 is 5.91 Å². The number of fused-ring (bicyclic) bond motifs is 1. The van der Waals surface area contributed by atoms with Gasteiger partial charge in [0.05, 0.1) is 13.2 Å². The lowest BCUT2D eigenvalue weighted by Gasteiger charge is -2.38. The van der Waals surface area contributed by atoms with Crippen molar-refractivity contribution in [3.05, 3.63) is 53.1 Å². The van der Waals surface area contributed by atoms with Crippen LogP contribution in [-0.4, -0.2) is 24.7 Å². The van der Waals surface area contributed by atoms with Gasteiger partial charge in [0, 0.05) is 18.1 Å². The van der Waals surface area contributed by atoms with Crippen molar-refractivity contribution in [3.8, 4) is 17.2 Å². The lowest BCUT2D eigenvalue weighted by atomic mass is 9.89. The Morgan fingerprint density at radius 3 is 2.48 bits per heavy atom. The molecule has 1 N–H and O–H groups in total. The van der Waals surface area contributed by atoms with Gasteiger partial charge in [-0.15, -0.1) is 0 Å². The Hall–Kier alpha value is -2.69. The molecule has 0 saturated carbocycles. The number of carbonyl (C=O) groups is 1. The first-order chi connectivity index (χ1) is 13.7. The molecule has 0 fully saturated rings. The van der Waals surface area contributed by atoms with Crippen molar-refractivity contribution in [3.63, 3.8) is 0 Å². The molecule has 1 aliphatic rings. The minimum atomic E-state index is -0.552.